The Morgan fingerprint density at radius 2 is 2.04 bits per heavy atom. The molecule has 1 aliphatic rings. The van der Waals surface area contributed by atoms with E-state index in [2.05, 4.69) is 15.2 Å². The third kappa shape index (κ3) is 3.16. The van der Waals surface area contributed by atoms with E-state index in [1.807, 2.05) is 37.3 Å². The zero-order valence-corrected chi connectivity index (χ0v) is 14.9. The van der Waals surface area contributed by atoms with Crippen molar-refractivity contribution in [2.75, 3.05) is 6.54 Å². The number of aryl methyl sites for hydroxylation is 1. The minimum absolute atomic E-state index is 0.136. The SMILES string of the molecule is Cc1[nH]nc2ncc(C(=O)N3CCC(C(=O)O)CC3c3ccccc3)cc12. The minimum Gasteiger partial charge on any atom is -0.481 e. The van der Waals surface area contributed by atoms with Crippen LogP contribution >= 0.6 is 0 Å². The number of H-pyrrole nitrogens is 1. The topological polar surface area (TPSA) is 99.2 Å². The molecule has 7 heteroatoms. The summed E-state index contributed by atoms with van der Waals surface area (Å²) in [5.74, 6) is -1.39. The molecule has 2 unspecified atom stereocenters. The molecule has 1 fully saturated rings. The summed E-state index contributed by atoms with van der Waals surface area (Å²) in [6.45, 7) is 2.29. The number of nitrogens with zero attached hydrogens (tertiary/aromatic N) is 3. The fourth-order valence-electron chi connectivity index (χ4n) is 3.73. The molecule has 0 saturated carbocycles. The number of carbonyl (C=O) groups excluding carboxylic acids is 1. The van der Waals surface area contributed by atoms with Gasteiger partial charge in [-0.25, -0.2) is 4.98 Å². The lowest BCUT2D eigenvalue weighted by atomic mass is 9.86. The first-order chi connectivity index (χ1) is 13.0. The summed E-state index contributed by atoms with van der Waals surface area (Å²) in [6, 6.07) is 11.1. The van der Waals surface area contributed by atoms with Crippen LogP contribution in [-0.2, 0) is 4.79 Å². The Morgan fingerprint density at radius 1 is 1.26 bits per heavy atom. The second kappa shape index (κ2) is 6.83. The normalized spacial score (nSPS) is 20.0. The van der Waals surface area contributed by atoms with Crippen molar-refractivity contribution in [3.63, 3.8) is 0 Å². The average molecular weight is 364 g/mol. The molecule has 0 radical (unpaired) electrons. The van der Waals surface area contributed by atoms with Gasteiger partial charge in [0.05, 0.1) is 17.5 Å². The molecule has 1 amide bonds. The number of rotatable bonds is 3. The zero-order valence-electron chi connectivity index (χ0n) is 14.9. The van der Waals surface area contributed by atoms with Crippen molar-refractivity contribution >= 4 is 22.9 Å². The molecule has 2 atom stereocenters. The Labute approximate surface area is 156 Å². The predicted octanol–water partition coefficient (Wildman–Crippen LogP) is 2.94. The number of pyridine rings is 1. The summed E-state index contributed by atoms with van der Waals surface area (Å²) in [5, 5.41) is 17.2. The number of aromatic amines is 1. The maximum atomic E-state index is 13.2. The molecular formula is C20H20N4O3. The van der Waals surface area contributed by atoms with Gasteiger partial charge in [0.25, 0.3) is 5.91 Å². The van der Waals surface area contributed by atoms with E-state index in [1.165, 1.54) is 6.20 Å². The van der Waals surface area contributed by atoms with Gasteiger partial charge < -0.3 is 10.0 Å². The van der Waals surface area contributed by atoms with Gasteiger partial charge in [0, 0.05) is 23.8 Å². The van der Waals surface area contributed by atoms with E-state index in [0.717, 1.165) is 16.6 Å². The first kappa shape index (κ1) is 17.2. The van der Waals surface area contributed by atoms with Crippen LogP contribution in [0.3, 0.4) is 0 Å². The number of fused-ring (bicyclic) bond motifs is 1. The van der Waals surface area contributed by atoms with Crippen LogP contribution in [0.4, 0.5) is 0 Å². The molecule has 0 spiro atoms. The van der Waals surface area contributed by atoms with Gasteiger partial charge in [-0.1, -0.05) is 30.3 Å². The van der Waals surface area contributed by atoms with Crippen molar-refractivity contribution in [1.82, 2.24) is 20.1 Å². The van der Waals surface area contributed by atoms with Crippen LogP contribution < -0.4 is 0 Å². The molecule has 2 N–H and O–H groups in total. The second-order valence-corrected chi connectivity index (χ2v) is 6.93. The molecule has 27 heavy (non-hydrogen) atoms. The summed E-state index contributed by atoms with van der Waals surface area (Å²) in [5.41, 5.74) is 2.87. The molecular weight excluding hydrogens is 344 g/mol. The van der Waals surface area contributed by atoms with E-state index in [9.17, 15) is 14.7 Å². The standard InChI is InChI=1S/C20H20N4O3/c1-12-16-9-15(11-21-18(16)23-22-12)19(25)24-8-7-14(20(26)27)10-17(24)13-5-3-2-4-6-13/h2-6,9,11,14,17H,7-8,10H2,1H3,(H,26,27)(H,21,22,23). The number of piperidine rings is 1. The third-order valence-corrected chi connectivity index (χ3v) is 5.24. The van der Waals surface area contributed by atoms with Gasteiger partial charge in [-0.05, 0) is 31.4 Å². The van der Waals surface area contributed by atoms with Crippen LogP contribution in [0, 0.1) is 12.8 Å². The van der Waals surface area contributed by atoms with Crippen LogP contribution in [0.15, 0.2) is 42.6 Å². The Hall–Kier alpha value is -3.22. The summed E-state index contributed by atoms with van der Waals surface area (Å²) < 4.78 is 0. The van der Waals surface area contributed by atoms with E-state index < -0.39 is 11.9 Å². The number of likely N-dealkylation sites (tertiary alicyclic amines) is 1. The molecule has 7 nitrogen and oxygen atoms in total. The highest BCUT2D eigenvalue weighted by Crippen LogP contribution is 2.35. The number of nitrogens with one attached hydrogen (secondary N) is 1. The summed E-state index contributed by atoms with van der Waals surface area (Å²) in [4.78, 5) is 30.8. The van der Waals surface area contributed by atoms with Gasteiger partial charge in [0.1, 0.15) is 0 Å². The fraction of sp³-hybridized carbons (Fsp3) is 0.300. The minimum atomic E-state index is -0.805. The number of hydrogen-bond donors (Lipinski definition) is 2. The summed E-state index contributed by atoms with van der Waals surface area (Å²) >= 11 is 0. The molecule has 1 aliphatic heterocycles. The van der Waals surface area contributed by atoms with Gasteiger partial charge in [0.15, 0.2) is 5.65 Å². The monoisotopic (exact) mass is 364 g/mol. The van der Waals surface area contributed by atoms with E-state index in [4.69, 9.17) is 0 Å². The van der Waals surface area contributed by atoms with Gasteiger partial charge in [-0.2, -0.15) is 5.10 Å². The lowest BCUT2D eigenvalue weighted by molar-refractivity contribution is -0.143. The van der Waals surface area contributed by atoms with Crippen LogP contribution in [0.25, 0.3) is 11.0 Å². The van der Waals surface area contributed by atoms with Gasteiger partial charge in [-0.3, -0.25) is 14.7 Å². The molecule has 3 heterocycles. The van der Waals surface area contributed by atoms with Crippen molar-refractivity contribution in [2.24, 2.45) is 5.92 Å². The van der Waals surface area contributed by atoms with Crippen molar-refractivity contribution < 1.29 is 14.7 Å². The van der Waals surface area contributed by atoms with Crippen molar-refractivity contribution in [3.8, 4) is 0 Å². The summed E-state index contributed by atoms with van der Waals surface area (Å²) in [7, 11) is 0. The van der Waals surface area contributed by atoms with Crippen molar-refractivity contribution in [1.29, 1.82) is 0 Å². The molecule has 138 valence electrons. The number of aromatic nitrogens is 3. The number of carbonyl (C=O) groups is 2. The molecule has 4 rings (SSSR count). The van der Waals surface area contributed by atoms with E-state index >= 15 is 0 Å². The van der Waals surface area contributed by atoms with Crippen molar-refractivity contribution in [3.05, 3.63) is 59.4 Å². The third-order valence-electron chi connectivity index (χ3n) is 5.24. The van der Waals surface area contributed by atoms with Crippen LogP contribution in [-0.4, -0.2) is 43.6 Å². The number of hydrogen-bond acceptors (Lipinski definition) is 4. The summed E-state index contributed by atoms with van der Waals surface area (Å²) in [6.07, 6.45) is 2.40. The van der Waals surface area contributed by atoms with Gasteiger partial charge >= 0.3 is 5.97 Å². The maximum Gasteiger partial charge on any atom is 0.306 e. The number of carboxylic acid groups (broad SMARTS) is 1. The van der Waals surface area contributed by atoms with E-state index in [0.29, 0.717) is 30.6 Å². The Kier molecular flexibility index (Phi) is 4.35. The molecule has 0 bridgehead atoms. The molecule has 1 saturated heterocycles. The Bertz CT molecular complexity index is 999. The first-order valence-electron chi connectivity index (χ1n) is 8.94. The molecule has 0 aliphatic carbocycles. The molecule has 2 aromatic heterocycles. The Balaban J connectivity index is 1.69. The molecule has 3 aromatic rings. The number of carboxylic acids is 1. The first-order valence-corrected chi connectivity index (χ1v) is 8.94. The number of aliphatic carboxylic acids is 1. The van der Waals surface area contributed by atoms with Crippen molar-refractivity contribution in [2.45, 2.75) is 25.8 Å². The predicted molar refractivity (Wildman–Crippen MR) is 99.2 cm³/mol. The van der Waals surface area contributed by atoms with Crippen LogP contribution in [0.5, 0.6) is 0 Å². The van der Waals surface area contributed by atoms with E-state index in [-0.39, 0.29) is 11.9 Å². The maximum absolute atomic E-state index is 13.2. The second-order valence-electron chi connectivity index (χ2n) is 6.93. The van der Waals surface area contributed by atoms with E-state index in [1.54, 1.807) is 11.0 Å². The zero-order chi connectivity index (χ0) is 19.0. The molecule has 1 aromatic carbocycles. The number of amides is 1. The quantitative estimate of drug-likeness (QED) is 0.744. The van der Waals surface area contributed by atoms with Gasteiger partial charge in [0.2, 0.25) is 0 Å². The largest absolute Gasteiger partial charge is 0.481 e. The van der Waals surface area contributed by atoms with Crippen LogP contribution in [0.1, 0.15) is 40.5 Å². The highest BCUT2D eigenvalue weighted by Gasteiger charge is 2.36. The van der Waals surface area contributed by atoms with Gasteiger partial charge in [-0.15, -0.1) is 0 Å². The number of benzene rings is 1. The lowest BCUT2D eigenvalue weighted by Crippen LogP contribution is -2.42. The van der Waals surface area contributed by atoms with Crippen LogP contribution in [0.2, 0.25) is 0 Å². The highest BCUT2D eigenvalue weighted by atomic mass is 16.4. The average Bonchev–Trinajstić information content (AvgIpc) is 3.08. The lowest BCUT2D eigenvalue weighted by Gasteiger charge is -2.38. The fourth-order valence-corrected chi connectivity index (χ4v) is 3.73. The smallest absolute Gasteiger partial charge is 0.306 e. The Morgan fingerprint density at radius 3 is 2.78 bits per heavy atom. The highest BCUT2D eigenvalue weighted by molar-refractivity contribution is 5.97.